The summed E-state index contributed by atoms with van der Waals surface area (Å²) in [6.07, 6.45) is 6.84. The fourth-order valence-corrected chi connectivity index (χ4v) is 2.62. The van der Waals surface area contributed by atoms with Crippen LogP contribution in [0.2, 0.25) is 0 Å². The summed E-state index contributed by atoms with van der Waals surface area (Å²) in [4.78, 5) is 5.01. The van der Waals surface area contributed by atoms with Crippen LogP contribution in [0.5, 0.6) is 0 Å². The van der Waals surface area contributed by atoms with Gasteiger partial charge in [-0.15, -0.1) is 0 Å². The molecule has 1 N–H and O–H groups in total. The summed E-state index contributed by atoms with van der Waals surface area (Å²) in [5.41, 5.74) is 0. The molecule has 0 bridgehead atoms. The van der Waals surface area contributed by atoms with Gasteiger partial charge in [0.25, 0.3) is 0 Å². The third-order valence-electron chi connectivity index (χ3n) is 3.82. The van der Waals surface area contributed by atoms with E-state index in [9.17, 15) is 0 Å². The van der Waals surface area contributed by atoms with Gasteiger partial charge in [-0.25, -0.2) is 0 Å². The maximum Gasteiger partial charge on any atom is 0.0558 e. The lowest BCUT2D eigenvalue weighted by atomic mass is 10.1. The maximum absolute atomic E-state index is 8.97. The van der Waals surface area contributed by atoms with Gasteiger partial charge in [0.05, 0.1) is 6.61 Å². The molecule has 1 heterocycles. The van der Waals surface area contributed by atoms with Crippen LogP contribution in [0.25, 0.3) is 0 Å². The third-order valence-corrected chi connectivity index (χ3v) is 3.82. The van der Waals surface area contributed by atoms with E-state index in [1.165, 1.54) is 45.2 Å². The Bertz CT molecular complexity index is 194. The first-order valence-corrected chi connectivity index (χ1v) is 6.36. The largest absolute Gasteiger partial charge is 0.395 e. The summed E-state index contributed by atoms with van der Waals surface area (Å²) < 4.78 is 0. The van der Waals surface area contributed by atoms with Crippen LogP contribution in [0.15, 0.2) is 0 Å². The molecule has 1 saturated heterocycles. The molecule has 0 aromatic carbocycles. The van der Waals surface area contributed by atoms with Gasteiger partial charge >= 0.3 is 0 Å². The first kappa shape index (κ1) is 11.4. The van der Waals surface area contributed by atoms with Crippen LogP contribution in [0.4, 0.5) is 0 Å². The number of nitrogens with zero attached hydrogens (tertiary/aromatic N) is 2. The molecule has 0 spiro atoms. The van der Waals surface area contributed by atoms with Crippen molar-refractivity contribution in [2.75, 3.05) is 33.3 Å². The van der Waals surface area contributed by atoms with Crippen LogP contribution >= 0.6 is 0 Å². The number of rotatable bonds is 4. The van der Waals surface area contributed by atoms with Crippen molar-refractivity contribution in [1.82, 2.24) is 9.80 Å². The first-order chi connectivity index (χ1) is 7.31. The SMILES string of the molecule is CN(CCO)C1CCCCN(C2CC2)C1. The molecule has 1 unspecified atom stereocenters. The van der Waals surface area contributed by atoms with Gasteiger partial charge in [-0.3, -0.25) is 9.80 Å². The van der Waals surface area contributed by atoms with Crippen LogP contribution < -0.4 is 0 Å². The maximum atomic E-state index is 8.97. The summed E-state index contributed by atoms with van der Waals surface area (Å²) in [6, 6.07) is 1.56. The topological polar surface area (TPSA) is 26.7 Å². The Labute approximate surface area is 93.1 Å². The normalized spacial score (nSPS) is 29.4. The van der Waals surface area contributed by atoms with Gasteiger partial charge in [0.2, 0.25) is 0 Å². The Morgan fingerprint density at radius 1 is 1.27 bits per heavy atom. The van der Waals surface area contributed by atoms with Gasteiger partial charge in [0, 0.05) is 25.2 Å². The molecule has 1 aliphatic carbocycles. The zero-order valence-electron chi connectivity index (χ0n) is 9.86. The van der Waals surface area contributed by atoms with Crippen molar-refractivity contribution in [3.63, 3.8) is 0 Å². The van der Waals surface area contributed by atoms with E-state index in [0.717, 1.165) is 12.6 Å². The third kappa shape index (κ3) is 3.16. The number of likely N-dealkylation sites (N-methyl/N-ethyl adjacent to an activating group) is 1. The Balaban J connectivity index is 1.86. The highest BCUT2D eigenvalue weighted by Gasteiger charge is 2.32. The summed E-state index contributed by atoms with van der Waals surface area (Å²) in [5, 5.41) is 8.97. The average molecular weight is 212 g/mol. The van der Waals surface area contributed by atoms with E-state index in [1.807, 2.05) is 0 Å². The fraction of sp³-hybridized carbons (Fsp3) is 1.00. The number of aliphatic hydroxyl groups excluding tert-OH is 1. The van der Waals surface area contributed by atoms with Crippen LogP contribution in [0.3, 0.4) is 0 Å². The highest BCUT2D eigenvalue weighted by molar-refractivity contribution is 4.88. The van der Waals surface area contributed by atoms with Crippen molar-refractivity contribution < 1.29 is 5.11 Å². The highest BCUT2D eigenvalue weighted by atomic mass is 16.3. The number of hydrogen-bond acceptors (Lipinski definition) is 3. The van der Waals surface area contributed by atoms with Crippen molar-refractivity contribution in [2.24, 2.45) is 0 Å². The average Bonchev–Trinajstić information content (AvgIpc) is 3.04. The van der Waals surface area contributed by atoms with Gasteiger partial charge in [-0.2, -0.15) is 0 Å². The lowest BCUT2D eigenvalue weighted by molar-refractivity contribution is 0.140. The van der Waals surface area contributed by atoms with Gasteiger partial charge < -0.3 is 5.11 Å². The molecule has 2 rings (SSSR count). The molecule has 88 valence electrons. The molecular formula is C12H24N2O. The molecule has 3 nitrogen and oxygen atoms in total. The van der Waals surface area contributed by atoms with E-state index in [1.54, 1.807) is 0 Å². The summed E-state index contributed by atoms with van der Waals surface area (Å²) in [6.45, 7) is 3.63. The molecule has 3 heteroatoms. The number of likely N-dealkylation sites (tertiary alicyclic amines) is 1. The van der Waals surface area contributed by atoms with Gasteiger partial charge in [0.1, 0.15) is 0 Å². The van der Waals surface area contributed by atoms with Crippen molar-refractivity contribution in [3.05, 3.63) is 0 Å². The molecular weight excluding hydrogens is 188 g/mol. The van der Waals surface area contributed by atoms with E-state index < -0.39 is 0 Å². The quantitative estimate of drug-likeness (QED) is 0.751. The van der Waals surface area contributed by atoms with Gasteiger partial charge in [0.15, 0.2) is 0 Å². The molecule has 0 aromatic heterocycles. The molecule has 15 heavy (non-hydrogen) atoms. The highest BCUT2D eigenvalue weighted by Crippen LogP contribution is 2.29. The molecule has 1 atom stereocenters. The molecule has 2 fully saturated rings. The van der Waals surface area contributed by atoms with Crippen LogP contribution in [0, 0.1) is 0 Å². The molecule has 2 aliphatic rings. The summed E-state index contributed by atoms with van der Waals surface area (Å²) in [7, 11) is 2.15. The number of hydrogen-bond donors (Lipinski definition) is 1. The van der Waals surface area contributed by atoms with E-state index in [0.29, 0.717) is 6.04 Å². The second-order valence-electron chi connectivity index (χ2n) is 5.08. The van der Waals surface area contributed by atoms with Crippen LogP contribution in [-0.4, -0.2) is 60.3 Å². The molecule has 1 saturated carbocycles. The Hall–Kier alpha value is -0.120. The van der Waals surface area contributed by atoms with Crippen molar-refractivity contribution >= 4 is 0 Å². The monoisotopic (exact) mass is 212 g/mol. The second-order valence-corrected chi connectivity index (χ2v) is 5.08. The Morgan fingerprint density at radius 2 is 2.07 bits per heavy atom. The van der Waals surface area contributed by atoms with E-state index in [4.69, 9.17) is 5.11 Å². The summed E-state index contributed by atoms with van der Waals surface area (Å²) in [5.74, 6) is 0. The zero-order chi connectivity index (χ0) is 10.7. The lowest BCUT2D eigenvalue weighted by Gasteiger charge is -2.30. The first-order valence-electron chi connectivity index (χ1n) is 6.36. The van der Waals surface area contributed by atoms with Crippen molar-refractivity contribution in [3.8, 4) is 0 Å². The Kier molecular flexibility index (Phi) is 4.00. The predicted molar refractivity (Wildman–Crippen MR) is 61.9 cm³/mol. The predicted octanol–water partition coefficient (Wildman–Crippen LogP) is 0.927. The smallest absolute Gasteiger partial charge is 0.0558 e. The minimum absolute atomic E-state index is 0.288. The summed E-state index contributed by atoms with van der Waals surface area (Å²) >= 11 is 0. The van der Waals surface area contributed by atoms with Gasteiger partial charge in [-0.1, -0.05) is 6.42 Å². The van der Waals surface area contributed by atoms with Gasteiger partial charge in [-0.05, 0) is 39.3 Å². The molecule has 0 amide bonds. The fourth-order valence-electron chi connectivity index (χ4n) is 2.62. The van der Waals surface area contributed by atoms with Crippen LogP contribution in [0.1, 0.15) is 32.1 Å². The molecule has 1 aliphatic heterocycles. The standard InChI is InChI=1S/C12H24N2O/c1-13(8-9-15)12-4-2-3-7-14(10-12)11-5-6-11/h11-12,15H,2-10H2,1H3. The van der Waals surface area contributed by atoms with Crippen molar-refractivity contribution in [2.45, 2.75) is 44.2 Å². The number of aliphatic hydroxyl groups is 1. The zero-order valence-corrected chi connectivity index (χ0v) is 9.86. The van der Waals surface area contributed by atoms with E-state index >= 15 is 0 Å². The minimum Gasteiger partial charge on any atom is -0.395 e. The Morgan fingerprint density at radius 3 is 2.73 bits per heavy atom. The molecule has 0 radical (unpaired) electrons. The second kappa shape index (κ2) is 5.28. The minimum atomic E-state index is 0.288. The van der Waals surface area contributed by atoms with E-state index in [-0.39, 0.29) is 6.61 Å². The van der Waals surface area contributed by atoms with E-state index in [2.05, 4.69) is 16.8 Å². The lowest BCUT2D eigenvalue weighted by Crippen LogP contribution is -2.42. The van der Waals surface area contributed by atoms with Crippen molar-refractivity contribution in [1.29, 1.82) is 0 Å². The van der Waals surface area contributed by atoms with Crippen LogP contribution in [-0.2, 0) is 0 Å². The molecule has 0 aromatic rings.